The molecule has 2 atom stereocenters. The van der Waals surface area contributed by atoms with E-state index in [-0.39, 0.29) is 6.61 Å². The molecule has 0 spiro atoms. The topological polar surface area (TPSA) is 66.8 Å². The maximum absolute atomic E-state index is 11.3. The number of ether oxygens (including phenoxy) is 1. The molecule has 1 aromatic rings. The summed E-state index contributed by atoms with van der Waals surface area (Å²) in [5.74, 6) is -0.838. The number of carbonyl (C=O) groups excluding carboxylic acids is 1. The molecule has 1 aromatic carbocycles. The van der Waals surface area contributed by atoms with Crippen LogP contribution in [0, 0.1) is 13.8 Å². The summed E-state index contributed by atoms with van der Waals surface area (Å²) < 4.78 is 4.66. The van der Waals surface area contributed by atoms with E-state index in [2.05, 4.69) is 4.74 Å². The van der Waals surface area contributed by atoms with Crippen molar-refractivity contribution in [3.63, 3.8) is 0 Å². The Balaban J connectivity index is 2.97. The van der Waals surface area contributed by atoms with Gasteiger partial charge in [0.25, 0.3) is 0 Å². The fraction of sp³-hybridized carbons (Fsp3) is 0.462. The van der Waals surface area contributed by atoms with Gasteiger partial charge >= 0.3 is 5.97 Å². The lowest BCUT2D eigenvalue weighted by atomic mass is 9.99. The number of benzene rings is 1. The number of aryl methyl sites for hydroxylation is 2. The fourth-order valence-corrected chi connectivity index (χ4v) is 1.80. The van der Waals surface area contributed by atoms with E-state index >= 15 is 0 Å². The van der Waals surface area contributed by atoms with Crippen LogP contribution >= 0.6 is 11.6 Å². The van der Waals surface area contributed by atoms with Crippen LogP contribution in [0.2, 0.25) is 5.02 Å². The van der Waals surface area contributed by atoms with Crippen LogP contribution in [-0.2, 0) is 9.53 Å². The van der Waals surface area contributed by atoms with Gasteiger partial charge in [0.2, 0.25) is 0 Å². The molecule has 1 rings (SSSR count). The van der Waals surface area contributed by atoms with Crippen LogP contribution in [0.5, 0.6) is 0 Å². The molecular formula is C13H17ClO4. The Morgan fingerprint density at radius 1 is 1.33 bits per heavy atom. The Morgan fingerprint density at radius 2 is 1.83 bits per heavy atom. The maximum atomic E-state index is 11.3. The van der Waals surface area contributed by atoms with Crippen molar-refractivity contribution in [1.82, 2.24) is 0 Å². The Labute approximate surface area is 111 Å². The number of rotatable bonds is 4. The second-order valence-corrected chi connectivity index (χ2v) is 4.49. The van der Waals surface area contributed by atoms with E-state index in [0.29, 0.717) is 10.6 Å². The van der Waals surface area contributed by atoms with Gasteiger partial charge in [-0.3, -0.25) is 0 Å². The first-order valence-electron chi connectivity index (χ1n) is 5.67. The summed E-state index contributed by atoms with van der Waals surface area (Å²) in [4.78, 5) is 11.3. The van der Waals surface area contributed by atoms with E-state index in [9.17, 15) is 15.0 Å². The number of esters is 1. The lowest BCUT2D eigenvalue weighted by Crippen LogP contribution is -2.30. The standard InChI is InChI=1S/C13H17ClO4/c1-4-18-13(17)12(16)11(15)9-5-7(2)10(14)8(3)6-9/h5-6,11-12,15-16H,4H2,1-3H3. The molecule has 0 aromatic heterocycles. The second kappa shape index (κ2) is 6.18. The van der Waals surface area contributed by atoms with Gasteiger partial charge in [0, 0.05) is 5.02 Å². The molecule has 2 N–H and O–H groups in total. The average Bonchev–Trinajstić information content (AvgIpc) is 2.33. The van der Waals surface area contributed by atoms with Crippen molar-refractivity contribution >= 4 is 17.6 Å². The number of hydrogen-bond acceptors (Lipinski definition) is 4. The van der Waals surface area contributed by atoms with Crippen LogP contribution in [0.3, 0.4) is 0 Å². The van der Waals surface area contributed by atoms with Crippen LogP contribution < -0.4 is 0 Å². The minimum atomic E-state index is -1.59. The molecule has 0 amide bonds. The molecular weight excluding hydrogens is 256 g/mol. The summed E-state index contributed by atoms with van der Waals surface area (Å²) in [6.45, 7) is 5.37. The van der Waals surface area contributed by atoms with Crippen molar-refractivity contribution in [2.24, 2.45) is 0 Å². The Morgan fingerprint density at radius 3 is 2.28 bits per heavy atom. The number of aliphatic hydroxyl groups excluding tert-OH is 2. The first-order valence-corrected chi connectivity index (χ1v) is 6.05. The largest absolute Gasteiger partial charge is 0.464 e. The Hall–Kier alpha value is -1.10. The zero-order valence-electron chi connectivity index (χ0n) is 10.6. The van der Waals surface area contributed by atoms with E-state index in [1.54, 1.807) is 32.9 Å². The number of hydrogen-bond donors (Lipinski definition) is 2. The third kappa shape index (κ3) is 3.22. The average molecular weight is 273 g/mol. The summed E-state index contributed by atoms with van der Waals surface area (Å²) in [6, 6.07) is 3.28. The highest BCUT2D eigenvalue weighted by atomic mass is 35.5. The molecule has 18 heavy (non-hydrogen) atoms. The maximum Gasteiger partial charge on any atom is 0.338 e. The van der Waals surface area contributed by atoms with Crippen molar-refractivity contribution in [3.05, 3.63) is 33.8 Å². The molecule has 0 saturated heterocycles. The molecule has 0 fully saturated rings. The van der Waals surface area contributed by atoms with Crippen LogP contribution in [0.25, 0.3) is 0 Å². The van der Waals surface area contributed by atoms with E-state index in [0.717, 1.165) is 11.1 Å². The van der Waals surface area contributed by atoms with Crippen LogP contribution in [0.1, 0.15) is 29.7 Å². The minimum Gasteiger partial charge on any atom is -0.464 e. The first kappa shape index (κ1) is 15.0. The Kier molecular flexibility index (Phi) is 5.14. The van der Waals surface area contributed by atoms with Gasteiger partial charge in [0.15, 0.2) is 6.10 Å². The third-order valence-corrected chi connectivity index (χ3v) is 3.22. The van der Waals surface area contributed by atoms with Crippen molar-refractivity contribution in [2.75, 3.05) is 6.61 Å². The van der Waals surface area contributed by atoms with Gasteiger partial charge in [0.1, 0.15) is 6.10 Å². The van der Waals surface area contributed by atoms with E-state index in [1.807, 2.05) is 0 Å². The SMILES string of the molecule is CCOC(=O)C(O)C(O)c1cc(C)c(Cl)c(C)c1. The highest BCUT2D eigenvalue weighted by Crippen LogP contribution is 2.26. The first-order chi connectivity index (χ1) is 8.38. The van der Waals surface area contributed by atoms with Gasteiger partial charge in [-0.05, 0) is 37.5 Å². The molecule has 0 saturated carbocycles. The summed E-state index contributed by atoms with van der Waals surface area (Å²) in [6.07, 6.45) is -2.91. The summed E-state index contributed by atoms with van der Waals surface area (Å²) in [5, 5.41) is 20.2. The predicted molar refractivity (Wildman–Crippen MR) is 68.5 cm³/mol. The third-order valence-electron chi connectivity index (χ3n) is 2.63. The number of carbonyl (C=O) groups is 1. The van der Waals surface area contributed by atoms with Crippen molar-refractivity contribution in [2.45, 2.75) is 33.0 Å². The van der Waals surface area contributed by atoms with E-state index in [1.165, 1.54) is 0 Å². The molecule has 0 aliphatic heterocycles. The van der Waals surface area contributed by atoms with Gasteiger partial charge in [0.05, 0.1) is 6.61 Å². The molecule has 0 heterocycles. The molecule has 0 radical (unpaired) electrons. The zero-order chi connectivity index (χ0) is 13.9. The lowest BCUT2D eigenvalue weighted by Gasteiger charge is -2.18. The van der Waals surface area contributed by atoms with Crippen molar-refractivity contribution in [3.8, 4) is 0 Å². The Bertz CT molecular complexity index is 422. The molecule has 4 nitrogen and oxygen atoms in total. The lowest BCUT2D eigenvalue weighted by molar-refractivity contribution is -0.159. The quantitative estimate of drug-likeness (QED) is 0.822. The molecule has 5 heteroatoms. The molecule has 0 bridgehead atoms. The normalized spacial score (nSPS) is 14.1. The fourth-order valence-electron chi connectivity index (χ4n) is 1.69. The molecule has 0 aliphatic rings. The summed E-state index contributed by atoms with van der Waals surface area (Å²) >= 11 is 6.01. The smallest absolute Gasteiger partial charge is 0.338 e. The molecule has 100 valence electrons. The van der Waals surface area contributed by atoms with Gasteiger partial charge in [-0.2, -0.15) is 0 Å². The van der Waals surface area contributed by atoms with Crippen LogP contribution in [0.15, 0.2) is 12.1 Å². The second-order valence-electron chi connectivity index (χ2n) is 4.11. The van der Waals surface area contributed by atoms with E-state index < -0.39 is 18.2 Å². The highest BCUT2D eigenvalue weighted by Gasteiger charge is 2.27. The summed E-state index contributed by atoms with van der Waals surface area (Å²) in [7, 11) is 0. The van der Waals surface area contributed by atoms with Crippen molar-refractivity contribution < 1.29 is 19.7 Å². The van der Waals surface area contributed by atoms with Gasteiger partial charge in [-0.1, -0.05) is 23.7 Å². The predicted octanol–water partition coefficient (Wildman–Crippen LogP) is 1.91. The molecule has 0 aliphatic carbocycles. The monoisotopic (exact) mass is 272 g/mol. The number of halogens is 1. The van der Waals surface area contributed by atoms with Gasteiger partial charge < -0.3 is 14.9 Å². The van der Waals surface area contributed by atoms with Crippen molar-refractivity contribution in [1.29, 1.82) is 0 Å². The highest BCUT2D eigenvalue weighted by molar-refractivity contribution is 6.32. The minimum absolute atomic E-state index is 0.154. The van der Waals surface area contributed by atoms with Gasteiger partial charge in [-0.25, -0.2) is 4.79 Å². The van der Waals surface area contributed by atoms with Crippen LogP contribution in [-0.4, -0.2) is 28.9 Å². The van der Waals surface area contributed by atoms with Gasteiger partial charge in [-0.15, -0.1) is 0 Å². The summed E-state index contributed by atoms with van der Waals surface area (Å²) in [5.41, 5.74) is 2.00. The van der Waals surface area contributed by atoms with Crippen LogP contribution in [0.4, 0.5) is 0 Å². The zero-order valence-corrected chi connectivity index (χ0v) is 11.4. The number of aliphatic hydroxyl groups is 2. The van der Waals surface area contributed by atoms with E-state index in [4.69, 9.17) is 11.6 Å². The molecule has 2 unspecified atom stereocenters.